The van der Waals surface area contributed by atoms with Gasteiger partial charge in [-0.3, -0.25) is 9.69 Å². The van der Waals surface area contributed by atoms with Crippen molar-refractivity contribution in [2.24, 2.45) is 5.73 Å². The number of carbonyl (C=O) groups excluding carboxylic acids is 1. The Morgan fingerprint density at radius 1 is 1.39 bits per heavy atom. The molecule has 0 saturated carbocycles. The molecule has 0 saturated heterocycles. The van der Waals surface area contributed by atoms with E-state index in [0.29, 0.717) is 12.6 Å². The van der Waals surface area contributed by atoms with Crippen molar-refractivity contribution in [2.75, 3.05) is 19.6 Å². The van der Waals surface area contributed by atoms with Crippen molar-refractivity contribution in [3.05, 3.63) is 34.4 Å². The van der Waals surface area contributed by atoms with Crippen LogP contribution in [0.4, 0.5) is 0 Å². The smallest absolute Gasteiger partial charge is 0.255 e. The molecule has 1 heterocycles. The third kappa shape index (κ3) is 4.92. The molecule has 3 rings (SSSR count). The minimum Gasteiger partial charge on any atom is -0.504 e. The Labute approximate surface area is 170 Å². The summed E-state index contributed by atoms with van der Waals surface area (Å²) in [7, 11) is 0. The fraction of sp³-hybridized carbons (Fsp3) is 0.550. The van der Waals surface area contributed by atoms with E-state index in [2.05, 4.69) is 22.5 Å². The fourth-order valence-corrected chi connectivity index (χ4v) is 4.99. The standard InChI is InChI=1S/C20H30N4O3S/c1-2-10-24(13-7-8-15-17(12-13)28-20(21)23-15)11-4-9-22-19(27)14-5-3-6-16(25)18(14)26/h3,5-6,13,20,23,25-26H,2,4,7-12,21H2,1H3,(H,22,27). The van der Waals surface area contributed by atoms with Crippen molar-refractivity contribution in [1.29, 1.82) is 0 Å². The van der Waals surface area contributed by atoms with Gasteiger partial charge in [0, 0.05) is 29.7 Å². The maximum absolute atomic E-state index is 12.2. The monoisotopic (exact) mass is 406 g/mol. The van der Waals surface area contributed by atoms with Crippen LogP contribution < -0.4 is 16.4 Å². The zero-order valence-electron chi connectivity index (χ0n) is 16.3. The summed E-state index contributed by atoms with van der Waals surface area (Å²) < 4.78 is 0. The first-order chi connectivity index (χ1) is 13.5. The van der Waals surface area contributed by atoms with Crippen LogP contribution in [0, 0.1) is 0 Å². The lowest BCUT2D eigenvalue weighted by molar-refractivity contribution is 0.0946. The van der Waals surface area contributed by atoms with Crippen LogP contribution in [0.5, 0.6) is 11.5 Å². The van der Waals surface area contributed by atoms with E-state index in [4.69, 9.17) is 5.73 Å². The molecule has 1 aromatic carbocycles. The second-order valence-corrected chi connectivity index (χ2v) is 8.54. The molecule has 8 heteroatoms. The summed E-state index contributed by atoms with van der Waals surface area (Å²) in [6.45, 7) is 4.67. The van der Waals surface area contributed by atoms with E-state index in [1.165, 1.54) is 22.7 Å². The molecule has 6 N–H and O–H groups in total. The first-order valence-corrected chi connectivity index (χ1v) is 10.8. The Morgan fingerprint density at radius 3 is 3.00 bits per heavy atom. The molecule has 28 heavy (non-hydrogen) atoms. The Hall–Kier alpha value is -1.90. The number of hydrogen-bond donors (Lipinski definition) is 5. The number of thioether (sulfide) groups is 1. The number of carbonyl (C=O) groups is 1. The predicted molar refractivity (Wildman–Crippen MR) is 112 cm³/mol. The fourth-order valence-electron chi connectivity index (χ4n) is 3.89. The molecule has 0 fully saturated rings. The van der Waals surface area contributed by atoms with E-state index in [-0.39, 0.29) is 28.5 Å². The molecule has 2 atom stereocenters. The van der Waals surface area contributed by atoms with Gasteiger partial charge < -0.3 is 26.6 Å². The van der Waals surface area contributed by atoms with Crippen LogP contribution in [0.15, 0.2) is 28.8 Å². The molecule has 1 aromatic rings. The Bertz CT molecular complexity index is 740. The van der Waals surface area contributed by atoms with Gasteiger partial charge in [0.2, 0.25) is 0 Å². The van der Waals surface area contributed by atoms with Crippen LogP contribution >= 0.6 is 11.8 Å². The van der Waals surface area contributed by atoms with Crippen LogP contribution in [0.3, 0.4) is 0 Å². The van der Waals surface area contributed by atoms with Gasteiger partial charge in [-0.2, -0.15) is 0 Å². The van der Waals surface area contributed by atoms with Crippen molar-refractivity contribution in [3.8, 4) is 11.5 Å². The van der Waals surface area contributed by atoms with Crippen molar-refractivity contribution < 1.29 is 15.0 Å². The average Bonchev–Trinajstić information content (AvgIpc) is 3.05. The molecule has 0 aromatic heterocycles. The number of nitrogens with two attached hydrogens (primary N) is 1. The molecule has 2 aliphatic rings. The molecule has 2 unspecified atom stereocenters. The lowest BCUT2D eigenvalue weighted by Gasteiger charge is -2.34. The van der Waals surface area contributed by atoms with Crippen LogP contribution in [0.1, 0.15) is 49.4 Å². The number of phenolic OH excluding ortho intramolecular Hbond substituents is 2. The number of aromatic hydroxyl groups is 2. The maximum Gasteiger partial charge on any atom is 0.255 e. The molecule has 1 aliphatic heterocycles. The highest BCUT2D eigenvalue weighted by Gasteiger charge is 2.30. The molecule has 0 bridgehead atoms. The lowest BCUT2D eigenvalue weighted by Crippen LogP contribution is -2.40. The van der Waals surface area contributed by atoms with Crippen molar-refractivity contribution >= 4 is 17.7 Å². The van der Waals surface area contributed by atoms with Crippen LogP contribution in [0.2, 0.25) is 0 Å². The quantitative estimate of drug-likeness (QED) is 0.333. The van der Waals surface area contributed by atoms with Gasteiger partial charge in [0.25, 0.3) is 5.91 Å². The van der Waals surface area contributed by atoms with Crippen molar-refractivity contribution in [1.82, 2.24) is 15.5 Å². The summed E-state index contributed by atoms with van der Waals surface area (Å²) in [5.41, 5.74) is 7.40. The number of nitrogens with zero attached hydrogens (tertiary/aromatic N) is 1. The topological polar surface area (TPSA) is 111 Å². The molecular weight excluding hydrogens is 376 g/mol. The first kappa shape index (κ1) is 20.8. The van der Waals surface area contributed by atoms with Gasteiger partial charge in [-0.15, -0.1) is 0 Å². The summed E-state index contributed by atoms with van der Waals surface area (Å²) in [6, 6.07) is 4.91. The third-order valence-corrected chi connectivity index (χ3v) is 6.33. The van der Waals surface area contributed by atoms with Gasteiger partial charge in [0.15, 0.2) is 11.5 Å². The number of allylic oxidation sites excluding steroid dienone is 1. The molecule has 7 nitrogen and oxygen atoms in total. The molecule has 0 spiro atoms. The zero-order chi connectivity index (χ0) is 20.1. The van der Waals surface area contributed by atoms with Crippen LogP contribution in [-0.2, 0) is 0 Å². The zero-order valence-corrected chi connectivity index (χ0v) is 17.1. The number of phenols is 2. The van der Waals surface area contributed by atoms with Crippen molar-refractivity contribution in [3.63, 3.8) is 0 Å². The number of benzene rings is 1. The number of hydrogen-bond acceptors (Lipinski definition) is 7. The van der Waals surface area contributed by atoms with Crippen LogP contribution in [0.25, 0.3) is 0 Å². The summed E-state index contributed by atoms with van der Waals surface area (Å²) in [4.78, 5) is 16.1. The number of para-hydroxylation sites is 1. The van der Waals surface area contributed by atoms with Gasteiger partial charge in [0.05, 0.1) is 5.56 Å². The number of rotatable bonds is 8. The Balaban J connectivity index is 1.48. The minimum atomic E-state index is -0.375. The second kappa shape index (κ2) is 9.54. The van der Waals surface area contributed by atoms with Crippen molar-refractivity contribution in [2.45, 2.75) is 50.6 Å². The Kier molecular flexibility index (Phi) is 7.09. The summed E-state index contributed by atoms with van der Waals surface area (Å²) in [6.07, 6.45) is 5.15. The highest BCUT2D eigenvalue weighted by molar-refractivity contribution is 8.03. The highest BCUT2D eigenvalue weighted by Crippen LogP contribution is 2.39. The summed E-state index contributed by atoms with van der Waals surface area (Å²) in [5, 5.41) is 25.5. The van der Waals surface area contributed by atoms with E-state index in [0.717, 1.165) is 45.2 Å². The molecule has 1 amide bonds. The molecular formula is C20H30N4O3S. The maximum atomic E-state index is 12.2. The number of nitrogens with one attached hydrogen (secondary N) is 2. The Morgan fingerprint density at radius 2 is 2.21 bits per heavy atom. The average molecular weight is 407 g/mol. The molecule has 0 radical (unpaired) electrons. The molecule has 1 aliphatic carbocycles. The second-order valence-electron chi connectivity index (χ2n) is 7.30. The number of amides is 1. The van der Waals surface area contributed by atoms with E-state index in [1.807, 2.05) is 0 Å². The predicted octanol–water partition coefficient (Wildman–Crippen LogP) is 2.27. The first-order valence-electron chi connectivity index (χ1n) is 9.93. The summed E-state index contributed by atoms with van der Waals surface area (Å²) >= 11 is 1.74. The van der Waals surface area contributed by atoms with Gasteiger partial charge >= 0.3 is 0 Å². The highest BCUT2D eigenvalue weighted by atomic mass is 32.2. The van der Waals surface area contributed by atoms with E-state index in [9.17, 15) is 15.0 Å². The SMILES string of the molecule is CCCN(CCCNC(=O)c1cccc(O)c1O)C1CCC2=C(C1)SC(N)N2. The van der Waals surface area contributed by atoms with Gasteiger partial charge in [-0.25, -0.2) is 0 Å². The van der Waals surface area contributed by atoms with E-state index < -0.39 is 0 Å². The largest absolute Gasteiger partial charge is 0.504 e. The van der Waals surface area contributed by atoms with Gasteiger partial charge in [0.1, 0.15) is 5.50 Å². The van der Waals surface area contributed by atoms with Gasteiger partial charge in [-0.1, -0.05) is 24.8 Å². The third-order valence-electron chi connectivity index (χ3n) is 5.27. The van der Waals surface area contributed by atoms with Gasteiger partial charge in [-0.05, 0) is 50.8 Å². The van der Waals surface area contributed by atoms with E-state index in [1.54, 1.807) is 17.8 Å². The van der Waals surface area contributed by atoms with Crippen LogP contribution in [-0.4, -0.2) is 52.2 Å². The summed E-state index contributed by atoms with van der Waals surface area (Å²) in [5.74, 6) is -1.03. The lowest BCUT2D eigenvalue weighted by atomic mass is 9.97. The molecule has 154 valence electrons. The van der Waals surface area contributed by atoms with E-state index >= 15 is 0 Å². The minimum absolute atomic E-state index is 0.00701. The normalized spacial score (nSPS) is 21.5.